The molecule has 1 aliphatic rings. The number of esters is 1. The lowest BCUT2D eigenvalue weighted by Crippen LogP contribution is -2.45. The Hall–Kier alpha value is -3.07. The van der Waals surface area contributed by atoms with Gasteiger partial charge in [-0.1, -0.05) is 12.1 Å². The fraction of sp³-hybridized carbons (Fsp3) is 0.381. The molecule has 0 N–H and O–H groups in total. The van der Waals surface area contributed by atoms with Crippen molar-refractivity contribution in [3.05, 3.63) is 58.9 Å². The molecule has 1 saturated heterocycles. The number of piperidine rings is 1. The van der Waals surface area contributed by atoms with Crippen LogP contribution in [-0.4, -0.2) is 55.3 Å². The molecule has 3 heterocycles. The molecule has 0 unspecified atom stereocenters. The molecular formula is C21H23N5O3S. The molecule has 1 aromatic carbocycles. The molecule has 0 spiro atoms. The van der Waals surface area contributed by atoms with Crippen molar-refractivity contribution in [2.75, 3.05) is 13.2 Å². The number of aromatic nitrogens is 4. The van der Waals surface area contributed by atoms with Crippen LogP contribution in [0.2, 0.25) is 0 Å². The Morgan fingerprint density at radius 3 is 2.73 bits per heavy atom. The number of carbonyl (C=O) groups excluding carboxylic acids is 2. The topological polar surface area (TPSA) is 90.2 Å². The van der Waals surface area contributed by atoms with Crippen LogP contribution in [0, 0.1) is 0 Å². The molecule has 1 aliphatic heterocycles. The lowest BCUT2D eigenvalue weighted by molar-refractivity contribution is 0.0530. The number of ether oxygens (including phenoxy) is 1. The second-order valence-corrected chi connectivity index (χ2v) is 8.06. The quantitative estimate of drug-likeness (QED) is 0.583. The van der Waals surface area contributed by atoms with E-state index in [2.05, 4.69) is 21.5 Å². The molecule has 0 bridgehead atoms. The van der Waals surface area contributed by atoms with Gasteiger partial charge in [-0.05, 0) is 56.4 Å². The fourth-order valence-corrected chi connectivity index (χ4v) is 4.45. The van der Waals surface area contributed by atoms with Gasteiger partial charge in [-0.15, -0.1) is 0 Å². The minimum Gasteiger partial charge on any atom is -0.462 e. The van der Waals surface area contributed by atoms with Gasteiger partial charge in [0.2, 0.25) is 0 Å². The summed E-state index contributed by atoms with van der Waals surface area (Å²) in [6.07, 6.45) is 4.96. The van der Waals surface area contributed by atoms with Crippen molar-refractivity contribution < 1.29 is 14.3 Å². The first-order valence-electron chi connectivity index (χ1n) is 9.99. The molecule has 30 heavy (non-hydrogen) atoms. The van der Waals surface area contributed by atoms with E-state index in [1.54, 1.807) is 31.5 Å². The van der Waals surface area contributed by atoms with Gasteiger partial charge in [-0.3, -0.25) is 4.79 Å². The van der Waals surface area contributed by atoms with E-state index in [4.69, 9.17) is 4.74 Å². The van der Waals surface area contributed by atoms with E-state index in [-0.39, 0.29) is 23.8 Å². The Balaban J connectivity index is 1.56. The van der Waals surface area contributed by atoms with Gasteiger partial charge in [0.25, 0.3) is 5.91 Å². The molecule has 2 aromatic heterocycles. The fourth-order valence-electron chi connectivity index (χ4n) is 3.73. The summed E-state index contributed by atoms with van der Waals surface area (Å²) >= 11 is 1.15. The van der Waals surface area contributed by atoms with Gasteiger partial charge >= 0.3 is 5.97 Å². The Bertz CT molecular complexity index is 1030. The van der Waals surface area contributed by atoms with Crippen LogP contribution in [0.5, 0.6) is 0 Å². The highest BCUT2D eigenvalue weighted by atomic mass is 32.1. The normalized spacial score (nSPS) is 18.9. The zero-order valence-electron chi connectivity index (χ0n) is 16.9. The molecule has 8 nitrogen and oxygen atoms in total. The average molecular weight is 426 g/mol. The minimum absolute atomic E-state index is 0.0547. The molecule has 0 saturated carbocycles. The SMILES string of the molecule is CCOC(=O)c1cc([C@@H]2CC[C@@H](C)N(C(=O)c3ccccc3-n3nccn3)C2)ns1. The van der Waals surface area contributed by atoms with Gasteiger partial charge in [-0.2, -0.15) is 19.4 Å². The number of hydrogen-bond acceptors (Lipinski definition) is 7. The standard InChI is InChI=1S/C21H23N5O3S/c1-3-29-21(28)19-12-17(24-30-19)15-9-8-14(2)25(13-15)20(27)16-6-4-5-7-18(16)26-22-10-11-23-26/h4-7,10-12,14-15H,3,8-9,13H2,1-2H3/t14-,15-/m1/s1. The van der Waals surface area contributed by atoms with Crippen molar-refractivity contribution in [2.45, 2.75) is 38.6 Å². The van der Waals surface area contributed by atoms with Gasteiger partial charge in [0.1, 0.15) is 4.88 Å². The summed E-state index contributed by atoms with van der Waals surface area (Å²) in [5, 5.41) is 8.35. The molecule has 1 fully saturated rings. The van der Waals surface area contributed by atoms with E-state index in [0.29, 0.717) is 29.3 Å². The highest BCUT2D eigenvalue weighted by Crippen LogP contribution is 2.32. The maximum atomic E-state index is 13.5. The van der Waals surface area contributed by atoms with Crippen LogP contribution in [0.1, 0.15) is 58.3 Å². The van der Waals surface area contributed by atoms with Gasteiger partial charge in [-0.25, -0.2) is 4.79 Å². The van der Waals surface area contributed by atoms with Crippen molar-refractivity contribution in [2.24, 2.45) is 0 Å². The summed E-state index contributed by atoms with van der Waals surface area (Å²) in [6, 6.07) is 9.26. The number of rotatable bonds is 5. The Kier molecular flexibility index (Phi) is 5.89. The predicted molar refractivity (Wildman–Crippen MR) is 112 cm³/mol. The highest BCUT2D eigenvalue weighted by Gasteiger charge is 2.33. The Labute approximate surface area is 178 Å². The predicted octanol–water partition coefficient (Wildman–Crippen LogP) is 3.31. The summed E-state index contributed by atoms with van der Waals surface area (Å²) in [4.78, 5) is 29.3. The van der Waals surface area contributed by atoms with Crippen LogP contribution in [-0.2, 0) is 4.74 Å². The summed E-state index contributed by atoms with van der Waals surface area (Å²) in [7, 11) is 0. The second-order valence-electron chi connectivity index (χ2n) is 7.25. The number of amides is 1. The van der Waals surface area contributed by atoms with E-state index in [9.17, 15) is 9.59 Å². The zero-order valence-corrected chi connectivity index (χ0v) is 17.7. The molecular weight excluding hydrogens is 402 g/mol. The molecule has 3 aromatic rings. The van der Waals surface area contributed by atoms with Crippen molar-refractivity contribution in [1.29, 1.82) is 0 Å². The maximum absolute atomic E-state index is 13.5. The van der Waals surface area contributed by atoms with Crippen molar-refractivity contribution in [1.82, 2.24) is 24.3 Å². The zero-order chi connectivity index (χ0) is 21.1. The van der Waals surface area contributed by atoms with Crippen LogP contribution in [0.4, 0.5) is 0 Å². The lowest BCUT2D eigenvalue weighted by atomic mass is 9.90. The number of hydrogen-bond donors (Lipinski definition) is 0. The maximum Gasteiger partial charge on any atom is 0.349 e. The summed E-state index contributed by atoms with van der Waals surface area (Å²) in [5.41, 5.74) is 2.06. The lowest BCUT2D eigenvalue weighted by Gasteiger charge is -2.37. The number of carbonyl (C=O) groups is 2. The van der Waals surface area contributed by atoms with Crippen molar-refractivity contribution in [3.63, 3.8) is 0 Å². The van der Waals surface area contributed by atoms with E-state index in [0.717, 1.165) is 30.1 Å². The van der Waals surface area contributed by atoms with Crippen molar-refractivity contribution >= 4 is 23.4 Å². The molecule has 2 atom stereocenters. The third kappa shape index (κ3) is 3.97. The third-order valence-electron chi connectivity index (χ3n) is 5.33. The number of benzene rings is 1. The van der Waals surface area contributed by atoms with E-state index >= 15 is 0 Å². The summed E-state index contributed by atoms with van der Waals surface area (Å²) in [6.45, 7) is 4.73. The smallest absolute Gasteiger partial charge is 0.349 e. The van der Waals surface area contributed by atoms with E-state index < -0.39 is 0 Å². The molecule has 1 amide bonds. The first-order chi connectivity index (χ1) is 14.6. The largest absolute Gasteiger partial charge is 0.462 e. The average Bonchev–Trinajstić information content (AvgIpc) is 3.46. The van der Waals surface area contributed by atoms with E-state index in [1.165, 1.54) is 4.80 Å². The minimum atomic E-state index is -0.348. The van der Waals surface area contributed by atoms with Crippen LogP contribution in [0.25, 0.3) is 5.69 Å². The second kappa shape index (κ2) is 8.74. The first kappa shape index (κ1) is 20.2. The van der Waals surface area contributed by atoms with Gasteiger partial charge in [0.15, 0.2) is 0 Å². The molecule has 9 heteroatoms. The van der Waals surface area contributed by atoms with Crippen LogP contribution >= 0.6 is 11.5 Å². The summed E-state index contributed by atoms with van der Waals surface area (Å²) < 4.78 is 9.54. The van der Waals surface area contributed by atoms with E-state index in [1.807, 2.05) is 23.1 Å². The highest BCUT2D eigenvalue weighted by molar-refractivity contribution is 7.08. The van der Waals surface area contributed by atoms with Gasteiger partial charge < -0.3 is 9.64 Å². The molecule has 4 rings (SSSR count). The van der Waals surface area contributed by atoms with Crippen LogP contribution in [0.3, 0.4) is 0 Å². The Morgan fingerprint density at radius 1 is 1.20 bits per heavy atom. The first-order valence-corrected chi connectivity index (χ1v) is 10.8. The van der Waals surface area contributed by atoms with Gasteiger partial charge in [0, 0.05) is 18.5 Å². The number of likely N-dealkylation sites (tertiary alicyclic amines) is 1. The molecule has 0 radical (unpaired) electrons. The summed E-state index contributed by atoms with van der Waals surface area (Å²) in [5.74, 6) is -0.320. The Morgan fingerprint density at radius 2 is 1.97 bits per heavy atom. The number of nitrogens with zero attached hydrogens (tertiary/aromatic N) is 5. The monoisotopic (exact) mass is 425 g/mol. The molecule has 156 valence electrons. The number of para-hydroxylation sites is 1. The van der Waals surface area contributed by atoms with Crippen molar-refractivity contribution in [3.8, 4) is 5.69 Å². The van der Waals surface area contributed by atoms with Crippen LogP contribution in [0.15, 0.2) is 42.7 Å². The van der Waals surface area contributed by atoms with Gasteiger partial charge in [0.05, 0.1) is 35.9 Å². The third-order valence-corrected chi connectivity index (χ3v) is 6.12. The molecule has 0 aliphatic carbocycles. The van der Waals surface area contributed by atoms with Crippen LogP contribution < -0.4 is 0 Å².